The number of hydrogen-bond donors (Lipinski definition) is 0. The van der Waals surface area contributed by atoms with Crippen LogP contribution >= 0.6 is 0 Å². The van der Waals surface area contributed by atoms with E-state index in [-0.39, 0.29) is 0 Å². The van der Waals surface area contributed by atoms with Gasteiger partial charge >= 0.3 is 0 Å². The summed E-state index contributed by atoms with van der Waals surface area (Å²) in [5.41, 5.74) is 12.3. The average molecular weight is 383 g/mol. The van der Waals surface area contributed by atoms with Crippen LogP contribution in [0.5, 0.6) is 0 Å². The van der Waals surface area contributed by atoms with Gasteiger partial charge in [0.25, 0.3) is 0 Å². The molecule has 5 aromatic carbocycles. The van der Waals surface area contributed by atoms with E-state index in [1.165, 1.54) is 60.8 Å². The maximum Gasteiger partial charge on any atom is -0.000728 e. The highest BCUT2D eigenvalue weighted by Gasteiger charge is 2.23. The van der Waals surface area contributed by atoms with Gasteiger partial charge in [0, 0.05) is 0 Å². The molecule has 0 aliphatic heterocycles. The molecule has 1 aliphatic rings. The summed E-state index contributed by atoms with van der Waals surface area (Å²) in [4.78, 5) is 0. The Hall–Kier alpha value is -3.64. The van der Waals surface area contributed by atoms with Crippen LogP contribution in [0.1, 0.15) is 16.7 Å². The summed E-state index contributed by atoms with van der Waals surface area (Å²) in [7, 11) is 0. The van der Waals surface area contributed by atoms with Crippen LogP contribution in [-0.2, 0) is 6.42 Å². The standard InChI is InChI=1S/C30H22/c1-20-28(27-17-9-16-26-24-14-7-5-12-22(24)19-29(26)27)18-23-13-6-8-15-25(23)30(20)21-10-3-2-4-11-21/h2-18H,19H2,1H3. The fourth-order valence-electron chi connectivity index (χ4n) is 5.12. The Kier molecular flexibility index (Phi) is 3.86. The molecule has 0 amide bonds. The highest BCUT2D eigenvalue weighted by molar-refractivity contribution is 6.03. The normalized spacial score (nSPS) is 12.0. The molecule has 0 unspecified atom stereocenters. The van der Waals surface area contributed by atoms with E-state index < -0.39 is 0 Å². The molecule has 0 bridgehead atoms. The third-order valence-electron chi connectivity index (χ3n) is 6.51. The van der Waals surface area contributed by atoms with Crippen molar-refractivity contribution in [3.05, 3.63) is 120 Å². The second kappa shape index (κ2) is 6.71. The minimum absolute atomic E-state index is 1.01. The molecule has 0 heterocycles. The van der Waals surface area contributed by atoms with E-state index in [0.29, 0.717) is 0 Å². The first-order valence-corrected chi connectivity index (χ1v) is 10.6. The molecular formula is C30H22. The molecule has 0 saturated heterocycles. The first kappa shape index (κ1) is 17.2. The van der Waals surface area contributed by atoms with Crippen molar-refractivity contribution in [3.63, 3.8) is 0 Å². The predicted octanol–water partition coefficient (Wildman–Crippen LogP) is 8.05. The molecule has 0 saturated carbocycles. The van der Waals surface area contributed by atoms with Crippen LogP contribution in [0.15, 0.2) is 103 Å². The van der Waals surface area contributed by atoms with Crippen molar-refractivity contribution in [2.45, 2.75) is 13.3 Å². The molecule has 6 rings (SSSR count). The lowest BCUT2D eigenvalue weighted by molar-refractivity contribution is 1.26. The topological polar surface area (TPSA) is 0 Å². The van der Waals surface area contributed by atoms with Crippen LogP contribution in [0.2, 0.25) is 0 Å². The van der Waals surface area contributed by atoms with Gasteiger partial charge < -0.3 is 0 Å². The maximum absolute atomic E-state index is 2.38. The Balaban J connectivity index is 1.66. The van der Waals surface area contributed by atoms with E-state index >= 15 is 0 Å². The summed E-state index contributed by atoms with van der Waals surface area (Å²) in [5, 5.41) is 2.62. The molecule has 30 heavy (non-hydrogen) atoms. The summed E-state index contributed by atoms with van der Waals surface area (Å²) in [5.74, 6) is 0. The molecule has 1 aliphatic carbocycles. The highest BCUT2D eigenvalue weighted by atomic mass is 14.3. The molecule has 0 radical (unpaired) electrons. The Morgan fingerprint density at radius 2 is 1.23 bits per heavy atom. The largest absolute Gasteiger partial charge is 0.0622 e. The smallest absolute Gasteiger partial charge is 0.000728 e. The van der Waals surface area contributed by atoms with Gasteiger partial charge in [-0.2, -0.15) is 0 Å². The van der Waals surface area contributed by atoms with Crippen LogP contribution in [0.3, 0.4) is 0 Å². The quantitative estimate of drug-likeness (QED) is 0.284. The minimum atomic E-state index is 1.01. The van der Waals surface area contributed by atoms with Crippen molar-refractivity contribution in [3.8, 4) is 33.4 Å². The first-order valence-electron chi connectivity index (χ1n) is 10.6. The van der Waals surface area contributed by atoms with Crippen LogP contribution in [0.4, 0.5) is 0 Å². The third-order valence-corrected chi connectivity index (χ3v) is 6.51. The van der Waals surface area contributed by atoms with Gasteiger partial charge in [-0.25, -0.2) is 0 Å². The van der Waals surface area contributed by atoms with E-state index in [9.17, 15) is 0 Å². The lowest BCUT2D eigenvalue weighted by atomic mass is 9.86. The fourth-order valence-corrected chi connectivity index (χ4v) is 5.12. The van der Waals surface area contributed by atoms with E-state index in [1.54, 1.807) is 0 Å². The van der Waals surface area contributed by atoms with Crippen molar-refractivity contribution in [1.82, 2.24) is 0 Å². The van der Waals surface area contributed by atoms with Crippen molar-refractivity contribution < 1.29 is 0 Å². The van der Waals surface area contributed by atoms with Gasteiger partial charge in [-0.15, -0.1) is 0 Å². The second-order valence-corrected chi connectivity index (χ2v) is 8.18. The van der Waals surface area contributed by atoms with E-state index in [1.807, 2.05) is 0 Å². The van der Waals surface area contributed by atoms with E-state index in [4.69, 9.17) is 0 Å². The molecule has 142 valence electrons. The number of benzene rings is 5. The van der Waals surface area contributed by atoms with E-state index in [2.05, 4.69) is 110 Å². The molecule has 5 aromatic rings. The molecule has 0 heteroatoms. The van der Waals surface area contributed by atoms with Gasteiger partial charge in [-0.1, -0.05) is 97.1 Å². The summed E-state index contributed by atoms with van der Waals surface area (Å²) in [6, 6.07) is 37.6. The Morgan fingerprint density at radius 1 is 0.567 bits per heavy atom. The van der Waals surface area contributed by atoms with Gasteiger partial charge in [0.15, 0.2) is 0 Å². The number of fused-ring (bicyclic) bond motifs is 4. The zero-order chi connectivity index (χ0) is 20.1. The third kappa shape index (κ3) is 2.54. The predicted molar refractivity (Wildman–Crippen MR) is 128 cm³/mol. The molecule has 0 fully saturated rings. The van der Waals surface area contributed by atoms with Crippen molar-refractivity contribution in [2.24, 2.45) is 0 Å². The van der Waals surface area contributed by atoms with Crippen LogP contribution in [-0.4, -0.2) is 0 Å². The lowest BCUT2D eigenvalue weighted by Crippen LogP contribution is -1.94. The molecule has 0 spiro atoms. The Morgan fingerprint density at radius 3 is 2.10 bits per heavy atom. The Labute approximate surface area is 177 Å². The fraction of sp³-hybridized carbons (Fsp3) is 0.0667. The van der Waals surface area contributed by atoms with Crippen LogP contribution in [0.25, 0.3) is 44.2 Å². The monoisotopic (exact) mass is 382 g/mol. The van der Waals surface area contributed by atoms with Gasteiger partial charge in [-0.05, 0) is 80.3 Å². The number of hydrogen-bond acceptors (Lipinski definition) is 0. The molecule has 0 nitrogen and oxygen atoms in total. The van der Waals surface area contributed by atoms with Crippen molar-refractivity contribution in [1.29, 1.82) is 0 Å². The van der Waals surface area contributed by atoms with Crippen LogP contribution in [0, 0.1) is 6.92 Å². The van der Waals surface area contributed by atoms with E-state index in [0.717, 1.165) is 6.42 Å². The van der Waals surface area contributed by atoms with Crippen LogP contribution < -0.4 is 0 Å². The summed E-state index contributed by atoms with van der Waals surface area (Å²) < 4.78 is 0. The van der Waals surface area contributed by atoms with Gasteiger partial charge in [0.1, 0.15) is 0 Å². The zero-order valence-electron chi connectivity index (χ0n) is 17.0. The minimum Gasteiger partial charge on any atom is -0.0622 e. The second-order valence-electron chi connectivity index (χ2n) is 8.18. The maximum atomic E-state index is 2.38. The molecule has 0 aromatic heterocycles. The zero-order valence-corrected chi connectivity index (χ0v) is 17.0. The van der Waals surface area contributed by atoms with Gasteiger partial charge in [-0.3, -0.25) is 0 Å². The molecular weight excluding hydrogens is 360 g/mol. The summed E-state index contributed by atoms with van der Waals surface area (Å²) in [6.45, 7) is 2.28. The highest BCUT2D eigenvalue weighted by Crippen LogP contribution is 2.45. The Bertz CT molecular complexity index is 1410. The van der Waals surface area contributed by atoms with Gasteiger partial charge in [0.05, 0.1) is 0 Å². The molecule has 0 N–H and O–H groups in total. The molecule has 0 atom stereocenters. The van der Waals surface area contributed by atoms with Gasteiger partial charge in [0.2, 0.25) is 0 Å². The average Bonchev–Trinajstić information content (AvgIpc) is 3.18. The SMILES string of the molecule is Cc1c(-c2cccc3c2Cc2ccccc2-3)cc2ccccc2c1-c1ccccc1. The summed E-state index contributed by atoms with van der Waals surface area (Å²) >= 11 is 0. The van der Waals surface area contributed by atoms with Crippen molar-refractivity contribution >= 4 is 10.8 Å². The lowest BCUT2D eigenvalue weighted by Gasteiger charge is -2.18. The first-order chi connectivity index (χ1) is 14.8. The van der Waals surface area contributed by atoms with Crippen molar-refractivity contribution in [2.75, 3.05) is 0 Å². The summed E-state index contributed by atoms with van der Waals surface area (Å²) in [6.07, 6.45) is 1.01. The number of rotatable bonds is 2.